The van der Waals surface area contributed by atoms with Crippen molar-refractivity contribution < 1.29 is 14.0 Å². The minimum Gasteiger partial charge on any atom is -0.339 e. The molecule has 0 spiro atoms. The summed E-state index contributed by atoms with van der Waals surface area (Å²) in [6.07, 6.45) is 1.50. The molecule has 4 rings (SSSR count). The van der Waals surface area contributed by atoms with Crippen molar-refractivity contribution >= 4 is 34.3 Å². The Labute approximate surface area is 182 Å². The first-order valence-corrected chi connectivity index (χ1v) is 10.3. The number of halogens is 2. The van der Waals surface area contributed by atoms with E-state index in [1.54, 1.807) is 32.7 Å². The summed E-state index contributed by atoms with van der Waals surface area (Å²) in [5.41, 5.74) is 0.786. The van der Waals surface area contributed by atoms with Crippen LogP contribution >= 0.6 is 11.6 Å². The molecule has 0 aliphatic carbocycles. The van der Waals surface area contributed by atoms with E-state index < -0.39 is 5.82 Å². The molecule has 0 radical (unpaired) electrons. The molecular weight excluding hydrogens is 423 g/mol. The van der Waals surface area contributed by atoms with Crippen molar-refractivity contribution in [2.45, 2.75) is 13.0 Å². The highest BCUT2D eigenvalue weighted by Crippen LogP contribution is 2.20. The molecule has 0 N–H and O–H groups in total. The lowest BCUT2D eigenvalue weighted by Gasteiger charge is -2.35. The van der Waals surface area contributed by atoms with Gasteiger partial charge in [-0.15, -0.1) is 0 Å². The minimum atomic E-state index is -0.498. The number of aromatic nitrogens is 2. The van der Waals surface area contributed by atoms with Crippen LogP contribution in [0.4, 0.5) is 4.39 Å². The van der Waals surface area contributed by atoms with Crippen LogP contribution in [0.15, 0.2) is 53.5 Å². The SMILES string of the molecule is O=C(CCn1ncc(=O)c2ccccc21)N1CCN(C(=O)c2ccc(F)cc2Cl)CC1. The van der Waals surface area contributed by atoms with Crippen molar-refractivity contribution in [2.75, 3.05) is 26.2 Å². The third-order valence-electron chi connectivity index (χ3n) is 5.38. The molecule has 0 atom stereocenters. The Balaban J connectivity index is 1.35. The molecule has 7 nitrogen and oxygen atoms in total. The zero-order valence-electron chi connectivity index (χ0n) is 16.6. The van der Waals surface area contributed by atoms with Crippen LogP contribution < -0.4 is 5.43 Å². The molecule has 1 aliphatic heterocycles. The number of rotatable bonds is 4. The lowest BCUT2D eigenvalue weighted by molar-refractivity contribution is -0.132. The molecule has 1 aromatic heterocycles. The summed E-state index contributed by atoms with van der Waals surface area (Å²) in [6, 6.07) is 10.8. The number of nitrogens with zero attached hydrogens (tertiary/aromatic N) is 4. The Morgan fingerprint density at radius 3 is 2.48 bits per heavy atom. The molecule has 2 amide bonds. The number of amides is 2. The van der Waals surface area contributed by atoms with E-state index in [1.807, 2.05) is 6.07 Å². The van der Waals surface area contributed by atoms with Gasteiger partial charge in [-0.1, -0.05) is 23.7 Å². The molecule has 2 heterocycles. The van der Waals surface area contributed by atoms with Crippen molar-refractivity contribution in [1.82, 2.24) is 19.6 Å². The van der Waals surface area contributed by atoms with Crippen LogP contribution in [0.1, 0.15) is 16.8 Å². The van der Waals surface area contributed by atoms with E-state index in [0.717, 1.165) is 6.07 Å². The maximum absolute atomic E-state index is 13.2. The predicted octanol–water partition coefficient (Wildman–Crippen LogP) is 2.56. The molecule has 0 unspecified atom stereocenters. The molecule has 0 saturated carbocycles. The topological polar surface area (TPSA) is 75.5 Å². The van der Waals surface area contributed by atoms with Gasteiger partial charge >= 0.3 is 0 Å². The van der Waals surface area contributed by atoms with Gasteiger partial charge in [0.15, 0.2) is 0 Å². The maximum atomic E-state index is 13.2. The zero-order chi connectivity index (χ0) is 22.0. The quantitative estimate of drug-likeness (QED) is 0.622. The highest BCUT2D eigenvalue weighted by Gasteiger charge is 2.26. The number of benzene rings is 2. The molecule has 0 bridgehead atoms. The van der Waals surface area contributed by atoms with Gasteiger partial charge in [0.1, 0.15) is 5.82 Å². The van der Waals surface area contributed by atoms with E-state index >= 15 is 0 Å². The molecule has 1 saturated heterocycles. The highest BCUT2D eigenvalue weighted by atomic mass is 35.5. The average Bonchev–Trinajstić information content (AvgIpc) is 2.78. The number of hydrogen-bond acceptors (Lipinski definition) is 4. The summed E-state index contributed by atoms with van der Waals surface area (Å²) < 4.78 is 14.9. The fourth-order valence-electron chi connectivity index (χ4n) is 3.69. The second-order valence-electron chi connectivity index (χ2n) is 7.30. The largest absolute Gasteiger partial charge is 0.339 e. The first-order valence-electron chi connectivity index (χ1n) is 9.91. The lowest BCUT2D eigenvalue weighted by atomic mass is 10.1. The van der Waals surface area contributed by atoms with Gasteiger partial charge in [0.2, 0.25) is 11.3 Å². The van der Waals surface area contributed by atoms with Crippen LogP contribution in [0.25, 0.3) is 10.9 Å². The fraction of sp³-hybridized carbons (Fsp3) is 0.273. The van der Waals surface area contributed by atoms with Crippen molar-refractivity contribution in [2.24, 2.45) is 0 Å². The maximum Gasteiger partial charge on any atom is 0.255 e. The Bertz CT molecular complexity index is 1200. The Kier molecular flexibility index (Phi) is 5.99. The highest BCUT2D eigenvalue weighted by molar-refractivity contribution is 6.33. The second-order valence-corrected chi connectivity index (χ2v) is 7.70. The minimum absolute atomic E-state index is 0.0449. The molecule has 2 aromatic carbocycles. The van der Waals surface area contributed by atoms with Crippen LogP contribution in [-0.2, 0) is 11.3 Å². The number of aryl methyl sites for hydroxylation is 1. The first kappa shape index (κ1) is 21.0. The van der Waals surface area contributed by atoms with E-state index in [2.05, 4.69) is 5.10 Å². The first-order chi connectivity index (χ1) is 14.9. The van der Waals surface area contributed by atoms with Crippen LogP contribution in [0.3, 0.4) is 0 Å². The van der Waals surface area contributed by atoms with Crippen LogP contribution in [0.5, 0.6) is 0 Å². The van der Waals surface area contributed by atoms with Gasteiger partial charge in [0.25, 0.3) is 5.91 Å². The fourth-order valence-corrected chi connectivity index (χ4v) is 3.94. The standard InChI is InChI=1S/C22H20ClFN4O3/c23-18-13-15(24)5-6-16(18)22(31)27-11-9-26(10-12-27)21(30)7-8-28-19-4-2-1-3-17(19)20(29)14-25-28/h1-6,13-14H,7-12H2. The molecule has 9 heteroatoms. The van der Waals surface area contributed by atoms with E-state index in [4.69, 9.17) is 11.6 Å². The van der Waals surface area contributed by atoms with Gasteiger partial charge in [0, 0.05) is 38.0 Å². The second kappa shape index (κ2) is 8.85. The van der Waals surface area contributed by atoms with Crippen LogP contribution in [-0.4, -0.2) is 57.6 Å². The summed E-state index contributed by atoms with van der Waals surface area (Å²) in [5, 5.41) is 4.79. The van der Waals surface area contributed by atoms with Gasteiger partial charge < -0.3 is 9.80 Å². The number of carbonyl (C=O) groups excluding carboxylic acids is 2. The summed E-state index contributed by atoms with van der Waals surface area (Å²) in [4.78, 5) is 40.6. The van der Waals surface area contributed by atoms with Crippen molar-refractivity contribution in [3.63, 3.8) is 0 Å². The van der Waals surface area contributed by atoms with Crippen LogP contribution in [0.2, 0.25) is 5.02 Å². The summed E-state index contributed by atoms with van der Waals surface area (Å²) in [5.74, 6) is -0.820. The third kappa shape index (κ3) is 4.44. The van der Waals surface area contributed by atoms with Crippen molar-refractivity contribution in [3.8, 4) is 0 Å². The number of fused-ring (bicyclic) bond motifs is 1. The third-order valence-corrected chi connectivity index (χ3v) is 5.69. The average molecular weight is 443 g/mol. The molecule has 1 aliphatic rings. The number of para-hydroxylation sites is 1. The van der Waals surface area contributed by atoms with Crippen LogP contribution in [0, 0.1) is 5.82 Å². The zero-order valence-corrected chi connectivity index (χ0v) is 17.4. The van der Waals surface area contributed by atoms with Crippen molar-refractivity contribution in [3.05, 3.63) is 75.3 Å². The molecule has 160 valence electrons. The summed E-state index contributed by atoms with van der Waals surface area (Å²) >= 11 is 5.99. The van der Waals surface area contributed by atoms with Gasteiger partial charge in [-0.25, -0.2) is 4.39 Å². The summed E-state index contributed by atoms with van der Waals surface area (Å²) in [7, 11) is 0. The summed E-state index contributed by atoms with van der Waals surface area (Å²) in [6.45, 7) is 1.91. The molecule has 31 heavy (non-hydrogen) atoms. The monoisotopic (exact) mass is 442 g/mol. The van der Waals surface area contributed by atoms with E-state index in [1.165, 1.54) is 18.3 Å². The molecule has 1 fully saturated rings. The van der Waals surface area contributed by atoms with Gasteiger partial charge in [-0.2, -0.15) is 5.10 Å². The number of piperazine rings is 1. The molecule has 3 aromatic rings. The van der Waals surface area contributed by atoms with Crippen molar-refractivity contribution in [1.29, 1.82) is 0 Å². The Hall–Kier alpha value is -3.26. The van der Waals surface area contributed by atoms with Gasteiger partial charge in [0.05, 0.1) is 28.8 Å². The van der Waals surface area contributed by atoms with E-state index in [0.29, 0.717) is 43.6 Å². The number of hydrogen-bond donors (Lipinski definition) is 0. The Morgan fingerprint density at radius 1 is 1.03 bits per heavy atom. The van der Waals surface area contributed by atoms with E-state index in [9.17, 15) is 18.8 Å². The number of carbonyl (C=O) groups is 2. The predicted molar refractivity (Wildman–Crippen MR) is 115 cm³/mol. The lowest BCUT2D eigenvalue weighted by Crippen LogP contribution is -2.50. The Morgan fingerprint density at radius 2 is 1.74 bits per heavy atom. The molecular formula is C22H20ClFN4O3. The normalized spacial score (nSPS) is 14.1. The smallest absolute Gasteiger partial charge is 0.255 e. The van der Waals surface area contributed by atoms with Gasteiger partial charge in [-0.05, 0) is 30.3 Å². The van der Waals surface area contributed by atoms with E-state index in [-0.39, 0.29) is 34.3 Å². The van der Waals surface area contributed by atoms with Gasteiger partial charge in [-0.3, -0.25) is 19.1 Å².